The molecule has 0 aliphatic carbocycles. The molecule has 1 rings (SSSR count). The van der Waals surface area contributed by atoms with E-state index in [1.54, 1.807) is 6.08 Å². The Labute approximate surface area is 78.1 Å². The number of allylic oxidation sites excluding steroid dienone is 1. The van der Waals surface area contributed by atoms with Gasteiger partial charge in [-0.05, 0) is 5.56 Å². The monoisotopic (exact) mass is 175 g/mol. The van der Waals surface area contributed by atoms with Crippen LogP contribution in [0.5, 0.6) is 0 Å². The first-order valence-electron chi connectivity index (χ1n) is 4.20. The maximum Gasteiger partial charge on any atom is 0.218 e. The Bertz CT molecular complexity index is 292. The van der Waals surface area contributed by atoms with Gasteiger partial charge in [0, 0.05) is 12.3 Å². The molecule has 0 aliphatic heterocycles. The van der Waals surface area contributed by atoms with Crippen molar-refractivity contribution in [1.82, 2.24) is 0 Å². The summed E-state index contributed by atoms with van der Waals surface area (Å²) in [6, 6.07) is 9.75. The van der Waals surface area contributed by atoms with Crippen molar-refractivity contribution in [3.8, 4) is 0 Å². The van der Waals surface area contributed by atoms with Gasteiger partial charge < -0.3 is 5.73 Å². The van der Waals surface area contributed by atoms with Gasteiger partial charge in [0.1, 0.15) is 0 Å². The molecule has 1 aromatic carbocycles. The van der Waals surface area contributed by atoms with Gasteiger partial charge in [-0.2, -0.15) is 0 Å². The summed E-state index contributed by atoms with van der Waals surface area (Å²) in [7, 11) is 0. The number of amides is 1. The van der Waals surface area contributed by atoms with Crippen LogP contribution in [0.1, 0.15) is 17.9 Å². The Hall–Kier alpha value is -1.57. The lowest BCUT2D eigenvalue weighted by Crippen LogP contribution is -2.14. The molecule has 0 heterocycles. The Morgan fingerprint density at radius 1 is 1.46 bits per heavy atom. The van der Waals surface area contributed by atoms with Crippen LogP contribution in [-0.4, -0.2) is 5.91 Å². The molecule has 13 heavy (non-hydrogen) atoms. The van der Waals surface area contributed by atoms with Crippen molar-refractivity contribution in [2.24, 2.45) is 5.73 Å². The Kier molecular flexibility index (Phi) is 3.26. The van der Waals surface area contributed by atoms with Gasteiger partial charge in [0.25, 0.3) is 0 Å². The molecule has 1 amide bonds. The maximum atomic E-state index is 10.7. The van der Waals surface area contributed by atoms with Crippen molar-refractivity contribution in [3.05, 3.63) is 48.6 Å². The molecule has 0 fully saturated rings. The van der Waals surface area contributed by atoms with Crippen LogP contribution in [0.15, 0.2) is 43.0 Å². The van der Waals surface area contributed by atoms with E-state index in [4.69, 9.17) is 5.73 Å². The summed E-state index contributed by atoms with van der Waals surface area (Å²) < 4.78 is 0. The molecule has 0 saturated carbocycles. The topological polar surface area (TPSA) is 43.1 Å². The highest BCUT2D eigenvalue weighted by Gasteiger charge is 2.09. The van der Waals surface area contributed by atoms with Gasteiger partial charge in [-0.25, -0.2) is 0 Å². The normalized spacial score (nSPS) is 12.0. The summed E-state index contributed by atoms with van der Waals surface area (Å²) in [5.41, 5.74) is 6.20. The first-order chi connectivity index (χ1) is 6.24. The van der Waals surface area contributed by atoms with Gasteiger partial charge in [-0.15, -0.1) is 6.58 Å². The van der Waals surface area contributed by atoms with Crippen LogP contribution in [0.4, 0.5) is 0 Å². The number of hydrogen-bond acceptors (Lipinski definition) is 1. The number of carbonyl (C=O) groups excluding carboxylic acids is 1. The van der Waals surface area contributed by atoms with Gasteiger partial charge in [-0.1, -0.05) is 36.4 Å². The second-order valence-corrected chi connectivity index (χ2v) is 2.92. The predicted octanol–water partition coefficient (Wildman–Crippen LogP) is 1.83. The number of benzene rings is 1. The van der Waals surface area contributed by atoms with Crippen LogP contribution >= 0.6 is 0 Å². The smallest absolute Gasteiger partial charge is 0.218 e. The maximum absolute atomic E-state index is 10.7. The summed E-state index contributed by atoms with van der Waals surface area (Å²) in [5.74, 6) is -0.257. The molecule has 0 spiro atoms. The van der Waals surface area contributed by atoms with Crippen molar-refractivity contribution in [2.45, 2.75) is 12.3 Å². The van der Waals surface area contributed by atoms with E-state index < -0.39 is 0 Å². The Morgan fingerprint density at radius 2 is 2.08 bits per heavy atom. The third kappa shape index (κ3) is 2.75. The zero-order chi connectivity index (χ0) is 9.68. The van der Waals surface area contributed by atoms with Crippen molar-refractivity contribution in [2.75, 3.05) is 0 Å². The molecule has 1 aromatic rings. The van der Waals surface area contributed by atoms with Crippen molar-refractivity contribution in [1.29, 1.82) is 0 Å². The molecule has 0 saturated heterocycles. The standard InChI is InChI=1S/C11H13NO/c1-2-9(8-11(12)13)10-6-4-3-5-7-10/h2-7,9H,1,8H2,(H2,12,13)/t9-/m1/s1. The fourth-order valence-corrected chi connectivity index (χ4v) is 1.25. The number of nitrogens with two attached hydrogens (primary N) is 1. The predicted molar refractivity (Wildman–Crippen MR) is 53.2 cm³/mol. The number of carbonyl (C=O) groups is 1. The van der Waals surface area contributed by atoms with Crippen LogP contribution in [0.2, 0.25) is 0 Å². The Balaban J connectivity index is 2.78. The molecule has 2 nitrogen and oxygen atoms in total. The molecular weight excluding hydrogens is 162 g/mol. The quantitative estimate of drug-likeness (QED) is 0.697. The van der Waals surface area contributed by atoms with E-state index in [0.717, 1.165) is 5.56 Å². The van der Waals surface area contributed by atoms with Gasteiger partial charge >= 0.3 is 0 Å². The van der Waals surface area contributed by atoms with Gasteiger partial charge in [0.05, 0.1) is 0 Å². The zero-order valence-corrected chi connectivity index (χ0v) is 7.44. The van der Waals surface area contributed by atoms with Crippen molar-refractivity contribution in [3.63, 3.8) is 0 Å². The summed E-state index contributed by atoms with van der Waals surface area (Å²) >= 11 is 0. The van der Waals surface area contributed by atoms with E-state index in [9.17, 15) is 4.79 Å². The van der Waals surface area contributed by atoms with Crippen LogP contribution in [0.25, 0.3) is 0 Å². The van der Waals surface area contributed by atoms with E-state index >= 15 is 0 Å². The highest BCUT2D eigenvalue weighted by Crippen LogP contribution is 2.19. The van der Waals surface area contributed by atoms with Crippen molar-refractivity contribution < 1.29 is 4.79 Å². The summed E-state index contributed by atoms with van der Waals surface area (Å²) in [6.07, 6.45) is 2.08. The van der Waals surface area contributed by atoms with Gasteiger partial charge in [0.15, 0.2) is 0 Å². The third-order valence-electron chi connectivity index (χ3n) is 1.93. The molecule has 0 radical (unpaired) electrons. The SMILES string of the molecule is C=C[C@H](CC(N)=O)c1ccccc1. The first kappa shape index (κ1) is 9.52. The van der Waals surface area contributed by atoms with Crippen molar-refractivity contribution >= 4 is 5.91 Å². The minimum Gasteiger partial charge on any atom is -0.370 e. The number of primary amides is 1. The Morgan fingerprint density at radius 3 is 2.54 bits per heavy atom. The summed E-state index contributed by atoms with van der Waals surface area (Å²) in [5, 5.41) is 0. The van der Waals surface area contributed by atoms with E-state index in [1.807, 2.05) is 30.3 Å². The van der Waals surface area contributed by atoms with Crippen LogP contribution in [0.3, 0.4) is 0 Å². The van der Waals surface area contributed by atoms with E-state index in [-0.39, 0.29) is 11.8 Å². The highest BCUT2D eigenvalue weighted by atomic mass is 16.1. The number of hydrogen-bond donors (Lipinski definition) is 1. The lowest BCUT2D eigenvalue weighted by atomic mass is 9.96. The lowest BCUT2D eigenvalue weighted by Gasteiger charge is -2.09. The van der Waals surface area contributed by atoms with E-state index in [1.165, 1.54) is 0 Å². The molecule has 2 heteroatoms. The lowest BCUT2D eigenvalue weighted by molar-refractivity contribution is -0.118. The van der Waals surface area contributed by atoms with Gasteiger partial charge in [0.2, 0.25) is 5.91 Å². The fourth-order valence-electron chi connectivity index (χ4n) is 1.25. The minimum absolute atomic E-state index is 0.0405. The largest absolute Gasteiger partial charge is 0.370 e. The van der Waals surface area contributed by atoms with Gasteiger partial charge in [-0.3, -0.25) is 4.79 Å². The first-order valence-corrected chi connectivity index (χ1v) is 4.20. The highest BCUT2D eigenvalue weighted by molar-refractivity contribution is 5.75. The summed E-state index contributed by atoms with van der Waals surface area (Å²) in [6.45, 7) is 3.68. The molecule has 68 valence electrons. The second kappa shape index (κ2) is 4.45. The number of rotatable bonds is 4. The fraction of sp³-hybridized carbons (Fsp3) is 0.182. The summed E-state index contributed by atoms with van der Waals surface area (Å²) in [4.78, 5) is 10.7. The molecular formula is C11H13NO. The minimum atomic E-state index is -0.297. The second-order valence-electron chi connectivity index (χ2n) is 2.92. The van der Waals surface area contributed by atoms with Crippen LogP contribution < -0.4 is 5.73 Å². The van der Waals surface area contributed by atoms with Crippen LogP contribution in [-0.2, 0) is 4.79 Å². The molecule has 0 aliphatic rings. The molecule has 2 N–H and O–H groups in total. The van der Waals surface area contributed by atoms with E-state index in [2.05, 4.69) is 6.58 Å². The average molecular weight is 175 g/mol. The molecule has 0 unspecified atom stereocenters. The zero-order valence-electron chi connectivity index (χ0n) is 7.44. The molecule has 0 aromatic heterocycles. The average Bonchev–Trinajstić information content (AvgIpc) is 2.15. The van der Waals surface area contributed by atoms with E-state index in [0.29, 0.717) is 6.42 Å². The third-order valence-corrected chi connectivity index (χ3v) is 1.93. The molecule has 1 atom stereocenters. The van der Waals surface area contributed by atoms with Crippen LogP contribution in [0, 0.1) is 0 Å². The molecule has 0 bridgehead atoms.